The van der Waals surface area contributed by atoms with Crippen LogP contribution in [0.1, 0.15) is 47.9 Å². The van der Waals surface area contributed by atoms with Gasteiger partial charge in [0.2, 0.25) is 12.3 Å². The van der Waals surface area contributed by atoms with Gasteiger partial charge in [0.15, 0.2) is 0 Å². The summed E-state index contributed by atoms with van der Waals surface area (Å²) in [5.41, 5.74) is 11.0. The highest BCUT2D eigenvalue weighted by Crippen LogP contribution is 2.51. The van der Waals surface area contributed by atoms with Crippen molar-refractivity contribution in [1.82, 2.24) is 25.1 Å². The average molecular weight is 693 g/mol. The number of carbonyl (C=O) groups is 2. The number of likely N-dealkylation sites (tertiary alicyclic amines) is 1. The SMILES string of the molecule is Cc1nccs1.NC(=S)c1cccc(-c2cn(C3CCOCC3)c3c(Cl)c(CNC(=O)C4CC5(C4)CN(CCNC=O)C5)ccc23)c1. The Morgan fingerprint density at radius 2 is 2.02 bits per heavy atom. The van der Waals surface area contributed by atoms with Crippen LogP contribution in [0.2, 0.25) is 5.02 Å². The van der Waals surface area contributed by atoms with Crippen molar-refractivity contribution in [2.24, 2.45) is 17.1 Å². The van der Waals surface area contributed by atoms with Gasteiger partial charge in [0.1, 0.15) is 4.99 Å². The van der Waals surface area contributed by atoms with Gasteiger partial charge in [-0.25, -0.2) is 0 Å². The number of benzene rings is 2. The van der Waals surface area contributed by atoms with Crippen molar-refractivity contribution in [3.05, 3.63) is 75.3 Å². The molecule has 2 aromatic heterocycles. The lowest BCUT2D eigenvalue weighted by molar-refractivity contribution is -0.144. The van der Waals surface area contributed by atoms with E-state index in [1.165, 1.54) is 0 Å². The van der Waals surface area contributed by atoms with Crippen LogP contribution >= 0.6 is 35.2 Å². The van der Waals surface area contributed by atoms with Crippen LogP contribution in [0.15, 0.2) is 54.2 Å². The highest BCUT2D eigenvalue weighted by molar-refractivity contribution is 7.80. The molecule has 9 nitrogen and oxygen atoms in total. The number of nitrogens with zero attached hydrogens (tertiary/aromatic N) is 3. The molecular weight excluding hydrogens is 652 g/mol. The van der Waals surface area contributed by atoms with Crippen molar-refractivity contribution in [3.8, 4) is 11.1 Å². The first-order chi connectivity index (χ1) is 22.8. The highest BCUT2D eigenvalue weighted by atomic mass is 35.5. The van der Waals surface area contributed by atoms with E-state index < -0.39 is 0 Å². The number of aromatic nitrogens is 2. The summed E-state index contributed by atoms with van der Waals surface area (Å²) in [6, 6.07) is 12.4. The van der Waals surface area contributed by atoms with Gasteiger partial charge in [-0.2, -0.15) is 0 Å². The zero-order chi connectivity index (χ0) is 33.0. The van der Waals surface area contributed by atoms with Gasteiger partial charge in [-0.15, -0.1) is 11.3 Å². The number of amides is 2. The third-order valence-electron chi connectivity index (χ3n) is 9.57. The first kappa shape index (κ1) is 33.5. The Morgan fingerprint density at radius 3 is 2.68 bits per heavy atom. The van der Waals surface area contributed by atoms with E-state index in [0.29, 0.717) is 23.1 Å². The van der Waals surface area contributed by atoms with Gasteiger partial charge in [0, 0.05) is 92.2 Å². The second kappa shape index (κ2) is 14.8. The van der Waals surface area contributed by atoms with E-state index in [2.05, 4.69) is 43.4 Å². The quantitative estimate of drug-likeness (QED) is 0.115. The predicted molar refractivity (Wildman–Crippen MR) is 192 cm³/mol. The minimum absolute atomic E-state index is 0.0476. The largest absolute Gasteiger partial charge is 0.389 e. The number of ether oxygens (including phenoxy) is 1. The topological polar surface area (TPSA) is 115 Å². The van der Waals surface area contributed by atoms with Gasteiger partial charge in [0.05, 0.1) is 15.5 Å². The Hall–Kier alpha value is -3.35. The standard InChI is InChI=1S/C31H36ClN5O3S.C4H5NS/c32-27-22(15-35-30(39)23-13-31(14-23)17-36(18-31)9-8-34-19-38)4-5-25-26(20-2-1-3-21(12-20)29(33)41)16-37(28(25)27)24-6-10-40-11-7-24;1-4-5-2-3-6-4/h1-5,12,16,19,23-24H,6-11,13-15,17-18H2,(H2,33,41)(H,34,38)(H,35,39);2-3H,1H3. The monoisotopic (exact) mass is 692 g/mol. The highest BCUT2D eigenvalue weighted by Gasteiger charge is 2.53. The maximum atomic E-state index is 13.0. The lowest BCUT2D eigenvalue weighted by Crippen LogP contribution is -2.64. The summed E-state index contributed by atoms with van der Waals surface area (Å²) in [7, 11) is 0. The fourth-order valence-electron chi connectivity index (χ4n) is 7.20. The van der Waals surface area contributed by atoms with Crippen LogP contribution in [0.25, 0.3) is 22.0 Å². The molecule has 4 N–H and O–H groups in total. The maximum Gasteiger partial charge on any atom is 0.223 e. The van der Waals surface area contributed by atoms with E-state index in [4.69, 9.17) is 34.3 Å². The lowest BCUT2D eigenvalue weighted by atomic mass is 9.57. The first-order valence-corrected chi connectivity index (χ1v) is 17.8. The molecule has 12 heteroatoms. The molecule has 248 valence electrons. The molecule has 0 unspecified atom stereocenters. The summed E-state index contributed by atoms with van der Waals surface area (Å²) in [5.74, 6) is 0.147. The number of thiocarbonyl (C=S) groups is 1. The summed E-state index contributed by atoms with van der Waals surface area (Å²) in [6.07, 6.45) is 8.42. The molecule has 4 heterocycles. The minimum atomic E-state index is 0.0476. The van der Waals surface area contributed by atoms with Crippen LogP contribution in [0, 0.1) is 18.3 Å². The zero-order valence-electron chi connectivity index (χ0n) is 26.5. The molecule has 1 saturated carbocycles. The Labute approximate surface area is 289 Å². The molecule has 3 aliphatic rings. The fraction of sp³-hybridized carbons (Fsp3) is 0.429. The van der Waals surface area contributed by atoms with Gasteiger partial charge in [-0.3, -0.25) is 14.6 Å². The number of hydrogen-bond acceptors (Lipinski definition) is 7. The molecule has 2 saturated heterocycles. The number of nitrogens with two attached hydrogens (primary N) is 1. The normalized spacial score (nSPS) is 17.7. The number of fused-ring (bicyclic) bond motifs is 1. The number of carbonyl (C=O) groups excluding carboxylic acids is 2. The van der Waals surface area contributed by atoms with Crippen molar-refractivity contribution in [3.63, 3.8) is 0 Å². The lowest BCUT2D eigenvalue weighted by Gasteiger charge is -2.58. The molecule has 0 radical (unpaired) electrons. The van der Waals surface area contributed by atoms with Crippen molar-refractivity contribution >= 4 is 63.4 Å². The van der Waals surface area contributed by atoms with Crippen molar-refractivity contribution in [2.75, 3.05) is 39.4 Å². The van der Waals surface area contributed by atoms with E-state index in [1.54, 1.807) is 17.5 Å². The number of thiazole rings is 1. The third-order valence-corrected chi connectivity index (χ3v) is 10.9. The van der Waals surface area contributed by atoms with Gasteiger partial charge < -0.3 is 30.6 Å². The second-order valence-corrected chi connectivity index (χ2v) is 14.7. The third kappa shape index (κ3) is 7.54. The molecule has 2 aliphatic heterocycles. The van der Waals surface area contributed by atoms with Crippen LogP contribution in [-0.2, 0) is 20.9 Å². The number of hydrogen-bond donors (Lipinski definition) is 3. The predicted octanol–water partition coefficient (Wildman–Crippen LogP) is 5.47. The maximum absolute atomic E-state index is 13.0. The summed E-state index contributed by atoms with van der Waals surface area (Å²) in [5, 5.41) is 10.7. The number of nitrogens with one attached hydrogen (secondary N) is 2. The van der Waals surface area contributed by atoms with Crippen molar-refractivity contribution in [2.45, 2.75) is 45.2 Å². The number of halogens is 1. The average Bonchev–Trinajstić information content (AvgIpc) is 3.69. The van der Waals surface area contributed by atoms with Crippen molar-refractivity contribution < 1.29 is 14.3 Å². The molecular formula is C35H41ClN6O3S2. The van der Waals surface area contributed by atoms with E-state index in [0.717, 1.165) is 103 Å². The Morgan fingerprint density at radius 1 is 1.23 bits per heavy atom. The van der Waals surface area contributed by atoms with Crippen LogP contribution in [0.4, 0.5) is 0 Å². The number of aryl methyl sites for hydroxylation is 1. The zero-order valence-corrected chi connectivity index (χ0v) is 28.9. The van der Waals surface area contributed by atoms with Crippen LogP contribution in [-0.4, -0.2) is 71.1 Å². The Bertz CT molecular complexity index is 1720. The molecule has 1 aliphatic carbocycles. The van der Waals surface area contributed by atoms with Gasteiger partial charge in [-0.05, 0) is 55.2 Å². The summed E-state index contributed by atoms with van der Waals surface area (Å²) in [6.45, 7) is 7.37. The molecule has 3 fully saturated rings. The van der Waals surface area contributed by atoms with Gasteiger partial charge in [0.25, 0.3) is 0 Å². The summed E-state index contributed by atoms with van der Waals surface area (Å²) in [4.78, 5) is 30.1. The first-order valence-electron chi connectivity index (χ1n) is 16.1. The van der Waals surface area contributed by atoms with Crippen LogP contribution < -0.4 is 16.4 Å². The van der Waals surface area contributed by atoms with Crippen molar-refractivity contribution in [1.29, 1.82) is 0 Å². The molecule has 2 amide bonds. The molecule has 2 aromatic carbocycles. The molecule has 47 heavy (non-hydrogen) atoms. The Balaban J connectivity index is 0.000000580. The van der Waals surface area contributed by atoms with E-state index >= 15 is 0 Å². The minimum Gasteiger partial charge on any atom is -0.389 e. The fourth-order valence-corrected chi connectivity index (χ4v) is 8.10. The van der Waals surface area contributed by atoms with E-state index in [1.807, 2.05) is 36.6 Å². The van der Waals surface area contributed by atoms with E-state index in [9.17, 15) is 9.59 Å². The number of rotatable bonds is 10. The molecule has 4 aromatic rings. The van der Waals surface area contributed by atoms with Crippen LogP contribution in [0.5, 0.6) is 0 Å². The summed E-state index contributed by atoms with van der Waals surface area (Å²) >= 11 is 14.0. The molecule has 0 atom stereocenters. The van der Waals surface area contributed by atoms with Gasteiger partial charge in [-0.1, -0.05) is 54.2 Å². The van der Waals surface area contributed by atoms with E-state index in [-0.39, 0.29) is 23.3 Å². The van der Waals surface area contributed by atoms with Crippen LogP contribution in [0.3, 0.4) is 0 Å². The Kier molecular flexibility index (Phi) is 10.6. The smallest absolute Gasteiger partial charge is 0.223 e. The molecule has 1 spiro atoms. The second-order valence-electron chi connectivity index (χ2n) is 12.8. The van der Waals surface area contributed by atoms with Gasteiger partial charge >= 0.3 is 0 Å². The summed E-state index contributed by atoms with van der Waals surface area (Å²) < 4.78 is 7.94. The molecule has 0 bridgehead atoms. The molecule has 7 rings (SSSR count).